The van der Waals surface area contributed by atoms with Gasteiger partial charge in [0, 0.05) is 5.69 Å². The summed E-state index contributed by atoms with van der Waals surface area (Å²) in [4.78, 5) is 4.35. The third-order valence-corrected chi connectivity index (χ3v) is 2.13. The minimum absolute atomic E-state index is 0.126. The molecule has 0 aliphatic heterocycles. The molecule has 0 aromatic carbocycles. The summed E-state index contributed by atoms with van der Waals surface area (Å²) in [6.45, 7) is 5.93. The first-order chi connectivity index (χ1) is 7.15. The zero-order chi connectivity index (χ0) is 10.8. The van der Waals surface area contributed by atoms with E-state index in [1.165, 1.54) is 0 Å². The minimum atomic E-state index is 0.126. The molecule has 82 valence electrons. The molecule has 1 aromatic rings. The van der Waals surface area contributed by atoms with E-state index in [0.717, 1.165) is 24.3 Å². The molecule has 0 N–H and O–H groups in total. The predicted molar refractivity (Wildman–Crippen MR) is 58.4 cm³/mol. The highest BCUT2D eigenvalue weighted by Gasteiger charge is 2.25. The summed E-state index contributed by atoms with van der Waals surface area (Å²) in [5.74, 6) is 1.40. The molecule has 1 aromatic heterocycles. The molecule has 0 bridgehead atoms. The second-order valence-electron chi connectivity index (χ2n) is 4.24. The zero-order valence-corrected chi connectivity index (χ0v) is 9.49. The average Bonchev–Trinajstić information content (AvgIpc) is 2.92. The van der Waals surface area contributed by atoms with Crippen LogP contribution in [0.1, 0.15) is 32.4 Å². The monoisotopic (exact) mass is 207 g/mol. The van der Waals surface area contributed by atoms with Crippen LogP contribution in [0.5, 0.6) is 11.6 Å². The molecule has 2 rings (SSSR count). The van der Waals surface area contributed by atoms with Gasteiger partial charge < -0.3 is 9.47 Å². The van der Waals surface area contributed by atoms with Crippen molar-refractivity contribution in [3.63, 3.8) is 0 Å². The molecule has 15 heavy (non-hydrogen) atoms. The predicted octanol–water partition coefficient (Wildman–Crippen LogP) is 2.72. The van der Waals surface area contributed by atoms with Crippen LogP contribution in [0.25, 0.3) is 0 Å². The van der Waals surface area contributed by atoms with Gasteiger partial charge in [0.05, 0.1) is 12.2 Å². The van der Waals surface area contributed by atoms with Crippen molar-refractivity contribution < 1.29 is 9.47 Å². The second-order valence-corrected chi connectivity index (χ2v) is 4.24. The smallest absolute Gasteiger partial charge is 0.257 e. The summed E-state index contributed by atoms with van der Waals surface area (Å²) >= 11 is 0. The summed E-state index contributed by atoms with van der Waals surface area (Å²) in [5, 5.41) is 0. The Balaban J connectivity index is 2.17. The van der Waals surface area contributed by atoms with E-state index >= 15 is 0 Å². The Kier molecular flexibility index (Phi) is 2.80. The van der Waals surface area contributed by atoms with E-state index in [1.807, 2.05) is 32.9 Å². The van der Waals surface area contributed by atoms with E-state index in [0.29, 0.717) is 12.0 Å². The SMILES string of the molecule is Cc1ccc(OC2CC2)c(OC(C)C)n1. The summed E-state index contributed by atoms with van der Waals surface area (Å²) in [5.41, 5.74) is 0.953. The van der Waals surface area contributed by atoms with E-state index in [4.69, 9.17) is 9.47 Å². The molecule has 1 fully saturated rings. The number of rotatable bonds is 4. The van der Waals surface area contributed by atoms with Gasteiger partial charge in [-0.2, -0.15) is 0 Å². The van der Waals surface area contributed by atoms with Gasteiger partial charge >= 0.3 is 0 Å². The van der Waals surface area contributed by atoms with E-state index in [9.17, 15) is 0 Å². The van der Waals surface area contributed by atoms with Crippen LogP contribution in [0.3, 0.4) is 0 Å². The molecule has 1 aliphatic rings. The van der Waals surface area contributed by atoms with Crippen LogP contribution >= 0.6 is 0 Å². The van der Waals surface area contributed by atoms with E-state index in [-0.39, 0.29) is 6.10 Å². The first-order valence-electron chi connectivity index (χ1n) is 5.46. The number of hydrogen-bond acceptors (Lipinski definition) is 3. The van der Waals surface area contributed by atoms with Crippen LogP contribution in [0, 0.1) is 6.92 Å². The number of nitrogens with zero attached hydrogens (tertiary/aromatic N) is 1. The summed E-state index contributed by atoms with van der Waals surface area (Å²) in [6, 6.07) is 3.89. The van der Waals surface area contributed by atoms with Crippen LogP contribution in [0.2, 0.25) is 0 Å². The van der Waals surface area contributed by atoms with Gasteiger partial charge in [-0.05, 0) is 45.7 Å². The highest BCUT2D eigenvalue weighted by Crippen LogP contribution is 2.32. The topological polar surface area (TPSA) is 31.4 Å². The van der Waals surface area contributed by atoms with Gasteiger partial charge in [-0.1, -0.05) is 0 Å². The average molecular weight is 207 g/mol. The minimum Gasteiger partial charge on any atom is -0.485 e. The van der Waals surface area contributed by atoms with Gasteiger partial charge in [0.2, 0.25) is 0 Å². The Morgan fingerprint density at radius 1 is 1.33 bits per heavy atom. The maximum absolute atomic E-state index is 5.72. The summed E-state index contributed by atoms with van der Waals surface area (Å²) in [6.07, 6.45) is 2.80. The zero-order valence-electron chi connectivity index (χ0n) is 9.49. The Morgan fingerprint density at radius 3 is 2.67 bits per heavy atom. The standard InChI is InChI=1S/C12H17NO2/c1-8(2)14-12-11(15-10-5-6-10)7-4-9(3)13-12/h4,7-8,10H,5-6H2,1-3H3. The number of aryl methyl sites for hydroxylation is 1. The van der Waals surface area contributed by atoms with Crippen molar-refractivity contribution >= 4 is 0 Å². The Hall–Kier alpha value is -1.25. The molecule has 0 spiro atoms. The summed E-state index contributed by atoms with van der Waals surface area (Å²) < 4.78 is 11.3. The van der Waals surface area contributed by atoms with Crippen LogP contribution in [-0.4, -0.2) is 17.2 Å². The summed E-state index contributed by atoms with van der Waals surface area (Å²) in [7, 11) is 0. The third-order valence-electron chi connectivity index (χ3n) is 2.13. The number of hydrogen-bond donors (Lipinski definition) is 0. The molecule has 1 aliphatic carbocycles. The van der Waals surface area contributed by atoms with Gasteiger partial charge in [0.15, 0.2) is 5.75 Å². The lowest BCUT2D eigenvalue weighted by atomic mass is 10.3. The lowest BCUT2D eigenvalue weighted by Crippen LogP contribution is -2.09. The first kappa shape index (κ1) is 10.3. The maximum Gasteiger partial charge on any atom is 0.257 e. The molecule has 1 saturated carbocycles. The Labute approximate surface area is 90.4 Å². The normalized spacial score (nSPS) is 15.5. The van der Waals surface area contributed by atoms with Gasteiger partial charge in [0.25, 0.3) is 5.88 Å². The molecular formula is C12H17NO2. The van der Waals surface area contributed by atoms with Gasteiger partial charge in [-0.3, -0.25) is 0 Å². The first-order valence-corrected chi connectivity index (χ1v) is 5.46. The maximum atomic E-state index is 5.72. The van der Waals surface area contributed by atoms with Gasteiger partial charge in [-0.25, -0.2) is 4.98 Å². The second kappa shape index (κ2) is 4.09. The molecular weight excluding hydrogens is 190 g/mol. The van der Waals surface area contributed by atoms with E-state index < -0.39 is 0 Å². The van der Waals surface area contributed by atoms with Crippen molar-refractivity contribution in [1.82, 2.24) is 4.98 Å². The highest BCUT2D eigenvalue weighted by molar-refractivity contribution is 5.35. The fourth-order valence-electron chi connectivity index (χ4n) is 1.28. The highest BCUT2D eigenvalue weighted by atomic mass is 16.5. The Morgan fingerprint density at radius 2 is 2.07 bits per heavy atom. The molecule has 0 radical (unpaired) electrons. The van der Waals surface area contributed by atoms with Crippen molar-refractivity contribution in [2.75, 3.05) is 0 Å². The van der Waals surface area contributed by atoms with Crippen molar-refractivity contribution in [3.8, 4) is 11.6 Å². The molecule has 0 atom stereocenters. The largest absolute Gasteiger partial charge is 0.485 e. The van der Waals surface area contributed by atoms with Crippen molar-refractivity contribution in [2.24, 2.45) is 0 Å². The van der Waals surface area contributed by atoms with E-state index in [1.54, 1.807) is 0 Å². The number of pyridine rings is 1. The quantitative estimate of drug-likeness (QED) is 0.760. The van der Waals surface area contributed by atoms with Gasteiger partial charge in [0.1, 0.15) is 0 Å². The molecule has 3 heteroatoms. The van der Waals surface area contributed by atoms with Crippen LogP contribution in [-0.2, 0) is 0 Å². The fraction of sp³-hybridized carbons (Fsp3) is 0.583. The van der Waals surface area contributed by atoms with Crippen LogP contribution in [0.15, 0.2) is 12.1 Å². The van der Waals surface area contributed by atoms with Crippen LogP contribution < -0.4 is 9.47 Å². The molecule has 0 amide bonds. The lowest BCUT2D eigenvalue weighted by molar-refractivity contribution is 0.208. The van der Waals surface area contributed by atoms with Crippen LogP contribution in [0.4, 0.5) is 0 Å². The lowest BCUT2D eigenvalue weighted by Gasteiger charge is -2.13. The van der Waals surface area contributed by atoms with Crippen molar-refractivity contribution in [3.05, 3.63) is 17.8 Å². The third kappa shape index (κ3) is 2.85. The molecule has 0 saturated heterocycles. The molecule has 3 nitrogen and oxygen atoms in total. The van der Waals surface area contributed by atoms with Gasteiger partial charge in [-0.15, -0.1) is 0 Å². The number of ether oxygens (including phenoxy) is 2. The van der Waals surface area contributed by atoms with Crippen molar-refractivity contribution in [2.45, 2.75) is 45.8 Å². The molecule has 0 unspecified atom stereocenters. The van der Waals surface area contributed by atoms with Crippen molar-refractivity contribution in [1.29, 1.82) is 0 Å². The fourth-order valence-corrected chi connectivity index (χ4v) is 1.28. The van der Waals surface area contributed by atoms with E-state index in [2.05, 4.69) is 4.98 Å². The molecule has 1 heterocycles. The number of aromatic nitrogens is 1. The Bertz CT molecular complexity index is 345.